The highest BCUT2D eigenvalue weighted by Gasteiger charge is 2.15. The van der Waals surface area contributed by atoms with Gasteiger partial charge in [-0.1, -0.05) is 6.92 Å². The summed E-state index contributed by atoms with van der Waals surface area (Å²) in [6, 6.07) is 4.43. The third-order valence-electron chi connectivity index (χ3n) is 4.42. The van der Waals surface area contributed by atoms with Gasteiger partial charge in [0.2, 0.25) is 0 Å². The van der Waals surface area contributed by atoms with Crippen molar-refractivity contribution in [3.8, 4) is 0 Å². The number of thiocarbonyl (C=S) groups is 1. The minimum atomic E-state index is 0.387. The van der Waals surface area contributed by atoms with Crippen molar-refractivity contribution >= 4 is 17.3 Å². The number of morpholine rings is 1. The molecule has 1 atom stereocenters. The van der Waals surface area contributed by atoms with E-state index in [2.05, 4.69) is 29.0 Å². The van der Waals surface area contributed by atoms with Crippen LogP contribution in [0.15, 0.2) is 16.5 Å². The molecule has 1 unspecified atom stereocenters. The first-order chi connectivity index (χ1) is 11.6. The molecular weight excluding hydrogens is 322 g/mol. The van der Waals surface area contributed by atoms with Crippen LogP contribution in [0.5, 0.6) is 0 Å². The van der Waals surface area contributed by atoms with Gasteiger partial charge in [-0.05, 0) is 51.0 Å². The molecular formula is C18H31N3O2S. The van der Waals surface area contributed by atoms with E-state index in [9.17, 15) is 0 Å². The number of hydrogen-bond acceptors (Lipinski definition) is 4. The van der Waals surface area contributed by atoms with Crippen LogP contribution in [0.4, 0.5) is 0 Å². The van der Waals surface area contributed by atoms with Gasteiger partial charge in [-0.3, -0.25) is 4.90 Å². The van der Waals surface area contributed by atoms with Gasteiger partial charge in [0, 0.05) is 32.2 Å². The van der Waals surface area contributed by atoms with E-state index in [1.165, 1.54) is 0 Å². The molecule has 1 N–H and O–H groups in total. The van der Waals surface area contributed by atoms with Crippen LogP contribution in [-0.2, 0) is 11.3 Å². The zero-order chi connectivity index (χ0) is 17.4. The highest BCUT2D eigenvalue weighted by atomic mass is 32.1. The fraction of sp³-hybridized carbons (Fsp3) is 0.722. The van der Waals surface area contributed by atoms with Crippen LogP contribution < -0.4 is 5.32 Å². The second-order valence-corrected chi connectivity index (χ2v) is 6.89. The van der Waals surface area contributed by atoms with Gasteiger partial charge in [0.25, 0.3) is 0 Å². The normalized spacial score (nSPS) is 16.8. The van der Waals surface area contributed by atoms with Gasteiger partial charge >= 0.3 is 0 Å². The molecule has 0 spiro atoms. The summed E-state index contributed by atoms with van der Waals surface area (Å²) in [5.41, 5.74) is 0. The molecule has 2 heterocycles. The van der Waals surface area contributed by atoms with Gasteiger partial charge < -0.3 is 19.4 Å². The van der Waals surface area contributed by atoms with Gasteiger partial charge in [-0.15, -0.1) is 0 Å². The Morgan fingerprint density at radius 2 is 2.12 bits per heavy atom. The van der Waals surface area contributed by atoms with E-state index in [1.54, 1.807) is 0 Å². The number of aryl methyl sites for hydroxylation is 1. The number of hydrogen-bond donors (Lipinski definition) is 1. The Kier molecular flexibility index (Phi) is 8.02. The van der Waals surface area contributed by atoms with Crippen LogP contribution in [-0.4, -0.2) is 60.3 Å². The summed E-state index contributed by atoms with van der Waals surface area (Å²) < 4.78 is 11.1. The lowest BCUT2D eigenvalue weighted by atomic mass is 10.2. The highest BCUT2D eigenvalue weighted by Crippen LogP contribution is 2.11. The second-order valence-electron chi connectivity index (χ2n) is 6.50. The number of nitrogens with zero attached hydrogens (tertiary/aromatic N) is 2. The van der Waals surface area contributed by atoms with Crippen molar-refractivity contribution in [1.82, 2.24) is 15.1 Å². The van der Waals surface area contributed by atoms with Gasteiger partial charge in [-0.2, -0.15) is 0 Å². The summed E-state index contributed by atoms with van der Waals surface area (Å²) in [7, 11) is 0. The van der Waals surface area contributed by atoms with Gasteiger partial charge in [0.05, 0.1) is 19.8 Å². The minimum Gasteiger partial charge on any atom is -0.464 e. The lowest BCUT2D eigenvalue weighted by molar-refractivity contribution is 0.0367. The standard InChI is InChI=1S/C18H31N3O2S/c1-4-15(2)19-18(24)21(14-17-7-6-16(3)23-17)9-5-8-20-10-12-22-13-11-20/h6-7,15H,4-5,8-14H2,1-3H3,(H,19,24). The second kappa shape index (κ2) is 10.0. The molecule has 0 amide bonds. The minimum absolute atomic E-state index is 0.387. The molecule has 1 aliphatic heterocycles. The van der Waals surface area contributed by atoms with Crippen molar-refractivity contribution in [2.24, 2.45) is 0 Å². The quantitative estimate of drug-likeness (QED) is 0.725. The zero-order valence-corrected chi connectivity index (χ0v) is 16.0. The molecule has 1 aliphatic rings. The van der Waals surface area contributed by atoms with E-state index in [0.717, 1.165) is 75.4 Å². The molecule has 0 saturated carbocycles. The van der Waals surface area contributed by atoms with Crippen LogP contribution in [0.1, 0.15) is 38.2 Å². The summed E-state index contributed by atoms with van der Waals surface area (Å²) >= 11 is 5.63. The maximum Gasteiger partial charge on any atom is 0.169 e. The summed E-state index contributed by atoms with van der Waals surface area (Å²) in [4.78, 5) is 4.68. The maximum atomic E-state index is 5.74. The summed E-state index contributed by atoms with van der Waals surface area (Å²) in [6.07, 6.45) is 2.14. The monoisotopic (exact) mass is 353 g/mol. The van der Waals surface area contributed by atoms with E-state index < -0.39 is 0 Å². The zero-order valence-electron chi connectivity index (χ0n) is 15.2. The number of furan rings is 1. The van der Waals surface area contributed by atoms with Gasteiger partial charge in [-0.25, -0.2) is 0 Å². The molecule has 1 saturated heterocycles. The molecule has 0 radical (unpaired) electrons. The van der Waals surface area contributed by atoms with Gasteiger partial charge in [0.1, 0.15) is 11.5 Å². The molecule has 24 heavy (non-hydrogen) atoms. The molecule has 0 aromatic carbocycles. The predicted octanol–water partition coefficient (Wildman–Crippen LogP) is 2.79. The van der Waals surface area contributed by atoms with Crippen molar-refractivity contribution in [2.45, 2.75) is 46.2 Å². The van der Waals surface area contributed by atoms with Gasteiger partial charge in [0.15, 0.2) is 5.11 Å². The predicted molar refractivity (Wildman–Crippen MR) is 101 cm³/mol. The fourth-order valence-corrected chi connectivity index (χ4v) is 3.08. The Morgan fingerprint density at radius 3 is 2.75 bits per heavy atom. The largest absolute Gasteiger partial charge is 0.464 e. The Labute approximate surface area is 151 Å². The van der Waals surface area contributed by atoms with Crippen molar-refractivity contribution in [1.29, 1.82) is 0 Å². The van der Waals surface area contributed by atoms with Crippen LogP contribution >= 0.6 is 12.2 Å². The van der Waals surface area contributed by atoms with E-state index in [-0.39, 0.29) is 0 Å². The Hall–Kier alpha value is -1.11. The van der Waals surface area contributed by atoms with Crippen LogP contribution in [0.3, 0.4) is 0 Å². The molecule has 1 aromatic heterocycles. The van der Waals surface area contributed by atoms with Crippen molar-refractivity contribution < 1.29 is 9.15 Å². The van der Waals surface area contributed by atoms with Crippen LogP contribution in [0.2, 0.25) is 0 Å². The third-order valence-corrected chi connectivity index (χ3v) is 4.79. The Bertz CT molecular complexity index is 500. The van der Waals surface area contributed by atoms with Crippen molar-refractivity contribution in [3.05, 3.63) is 23.7 Å². The topological polar surface area (TPSA) is 40.9 Å². The summed E-state index contributed by atoms with van der Waals surface area (Å²) in [5.74, 6) is 1.91. The third kappa shape index (κ3) is 6.42. The Balaban J connectivity index is 1.87. The molecule has 0 aliphatic carbocycles. The maximum absolute atomic E-state index is 5.74. The van der Waals surface area contributed by atoms with E-state index in [0.29, 0.717) is 6.04 Å². The molecule has 5 nitrogen and oxygen atoms in total. The molecule has 1 aromatic rings. The molecule has 1 fully saturated rings. The number of rotatable bonds is 8. The SMILES string of the molecule is CCC(C)NC(=S)N(CCCN1CCOCC1)Cc1ccc(C)o1. The molecule has 6 heteroatoms. The smallest absolute Gasteiger partial charge is 0.169 e. The van der Waals surface area contributed by atoms with Crippen LogP contribution in [0.25, 0.3) is 0 Å². The molecule has 136 valence electrons. The van der Waals surface area contributed by atoms with E-state index >= 15 is 0 Å². The first-order valence-corrected chi connectivity index (χ1v) is 9.40. The number of ether oxygens (including phenoxy) is 1. The summed E-state index contributed by atoms with van der Waals surface area (Å²) in [6.45, 7) is 12.8. The van der Waals surface area contributed by atoms with E-state index in [4.69, 9.17) is 21.4 Å². The lowest BCUT2D eigenvalue weighted by Crippen LogP contribution is -2.44. The average molecular weight is 354 g/mol. The Morgan fingerprint density at radius 1 is 1.38 bits per heavy atom. The molecule has 0 bridgehead atoms. The first-order valence-electron chi connectivity index (χ1n) is 8.99. The lowest BCUT2D eigenvalue weighted by Gasteiger charge is -2.30. The van der Waals surface area contributed by atoms with Crippen LogP contribution in [0, 0.1) is 6.92 Å². The average Bonchev–Trinajstić information content (AvgIpc) is 2.99. The fourth-order valence-electron chi connectivity index (χ4n) is 2.72. The first kappa shape index (κ1) is 19.2. The van der Waals surface area contributed by atoms with Crippen molar-refractivity contribution in [2.75, 3.05) is 39.4 Å². The summed E-state index contributed by atoms with van der Waals surface area (Å²) in [5, 5.41) is 4.25. The number of nitrogens with one attached hydrogen (secondary N) is 1. The van der Waals surface area contributed by atoms with Crippen molar-refractivity contribution in [3.63, 3.8) is 0 Å². The highest BCUT2D eigenvalue weighted by molar-refractivity contribution is 7.80. The van der Waals surface area contributed by atoms with E-state index in [1.807, 2.05) is 19.1 Å². The molecule has 2 rings (SSSR count).